The highest BCUT2D eigenvalue weighted by Crippen LogP contribution is 2.36. The first-order valence-corrected chi connectivity index (χ1v) is 20.5. The summed E-state index contributed by atoms with van der Waals surface area (Å²) in [6.07, 6.45) is 4.85. The molecule has 15 heteroatoms. The van der Waals surface area contributed by atoms with E-state index in [1.165, 1.54) is 0 Å². The van der Waals surface area contributed by atoms with Gasteiger partial charge in [-0.2, -0.15) is 4.98 Å². The standard InChI is InChI=1S/C45H52N10O5/c1-51-20-22-52(23-21-51)42(56)35-10-4-32(5-11-35)16-18-46-45(57)55-19-17-39-40(49-44(50-41(39)55)53-24-26-60-27-25-53)36-28-47-43(48-29-36)54(30-33-6-12-37(58-2)13-7-33)31-34-8-14-38(59-3)15-9-34/h4-15,28-29H,16-27,30-31H2,1-3H3,(H,46,57). The van der Waals surface area contributed by atoms with E-state index < -0.39 is 0 Å². The molecule has 5 aromatic rings. The Morgan fingerprint density at radius 3 is 1.95 bits per heavy atom. The number of rotatable bonds is 13. The van der Waals surface area contributed by atoms with Crippen LogP contribution in [0, 0.1) is 0 Å². The van der Waals surface area contributed by atoms with Crippen LogP contribution in [0.2, 0.25) is 0 Å². The summed E-state index contributed by atoms with van der Waals surface area (Å²) in [5.74, 6) is 3.36. The van der Waals surface area contributed by atoms with E-state index in [4.69, 9.17) is 34.1 Å². The van der Waals surface area contributed by atoms with Crippen molar-refractivity contribution in [3.63, 3.8) is 0 Å². The van der Waals surface area contributed by atoms with Crippen LogP contribution < -0.4 is 29.5 Å². The topological polar surface area (TPSA) is 142 Å². The SMILES string of the molecule is COc1ccc(CN(Cc2ccc(OC)cc2)c2ncc(-c3nc(N4CCOCC4)nc4c3CCN4C(=O)NCCc3ccc(C(=O)N4CCN(C)CC4)cc3)cn2)cc1. The van der Waals surface area contributed by atoms with Crippen LogP contribution in [0.15, 0.2) is 85.2 Å². The predicted molar refractivity (Wildman–Crippen MR) is 230 cm³/mol. The highest BCUT2D eigenvalue weighted by molar-refractivity contribution is 5.95. The molecule has 60 heavy (non-hydrogen) atoms. The van der Waals surface area contributed by atoms with E-state index in [2.05, 4.69) is 27.1 Å². The number of aromatic nitrogens is 4. The van der Waals surface area contributed by atoms with Gasteiger partial charge in [-0.1, -0.05) is 36.4 Å². The molecule has 2 saturated heterocycles. The number of hydrogen-bond acceptors (Lipinski definition) is 12. The van der Waals surface area contributed by atoms with Gasteiger partial charge in [0.1, 0.15) is 17.3 Å². The average Bonchev–Trinajstić information content (AvgIpc) is 3.74. The quantitative estimate of drug-likeness (QED) is 0.176. The zero-order valence-electron chi connectivity index (χ0n) is 34.5. The summed E-state index contributed by atoms with van der Waals surface area (Å²) in [6, 6.07) is 23.5. The molecule has 3 amide bonds. The van der Waals surface area contributed by atoms with E-state index in [1.807, 2.05) is 90.1 Å². The lowest BCUT2D eigenvalue weighted by Crippen LogP contribution is -2.47. The van der Waals surface area contributed by atoms with Gasteiger partial charge in [0.05, 0.1) is 33.1 Å². The monoisotopic (exact) mass is 812 g/mol. The fraction of sp³-hybridized carbons (Fsp3) is 0.378. The third kappa shape index (κ3) is 9.42. The average molecular weight is 813 g/mol. The second kappa shape index (κ2) is 18.7. The zero-order valence-corrected chi connectivity index (χ0v) is 34.5. The largest absolute Gasteiger partial charge is 0.497 e. The number of nitrogens with one attached hydrogen (secondary N) is 1. The second-order valence-corrected chi connectivity index (χ2v) is 15.3. The summed E-state index contributed by atoms with van der Waals surface area (Å²) >= 11 is 0. The predicted octanol–water partition coefficient (Wildman–Crippen LogP) is 4.70. The summed E-state index contributed by atoms with van der Waals surface area (Å²) in [7, 11) is 5.40. The van der Waals surface area contributed by atoms with Gasteiger partial charge in [-0.25, -0.2) is 19.7 Å². The van der Waals surface area contributed by atoms with Crippen LogP contribution in [0.3, 0.4) is 0 Å². The Morgan fingerprint density at radius 1 is 0.750 bits per heavy atom. The first-order chi connectivity index (χ1) is 29.3. The number of urea groups is 1. The number of piperazine rings is 1. The Balaban J connectivity index is 0.992. The molecule has 2 aromatic heterocycles. The minimum atomic E-state index is -0.215. The summed E-state index contributed by atoms with van der Waals surface area (Å²) in [4.78, 5) is 56.8. The number of hydrogen-bond donors (Lipinski definition) is 1. The summed E-state index contributed by atoms with van der Waals surface area (Å²) in [5.41, 5.74) is 6.25. The number of carbonyl (C=O) groups is 2. The molecule has 0 unspecified atom stereocenters. The maximum absolute atomic E-state index is 13.8. The van der Waals surface area contributed by atoms with E-state index in [9.17, 15) is 9.59 Å². The molecule has 15 nitrogen and oxygen atoms in total. The molecular weight excluding hydrogens is 761 g/mol. The van der Waals surface area contributed by atoms with Crippen LogP contribution in [-0.4, -0.2) is 129 Å². The van der Waals surface area contributed by atoms with Crippen molar-refractivity contribution in [2.45, 2.75) is 25.9 Å². The highest BCUT2D eigenvalue weighted by Gasteiger charge is 2.32. The maximum Gasteiger partial charge on any atom is 0.323 e. The van der Waals surface area contributed by atoms with Gasteiger partial charge in [-0.05, 0) is 73.0 Å². The number of methoxy groups -OCH3 is 2. The van der Waals surface area contributed by atoms with Crippen LogP contribution in [-0.2, 0) is 30.7 Å². The first-order valence-electron chi connectivity index (χ1n) is 20.5. The number of amides is 3. The summed E-state index contributed by atoms with van der Waals surface area (Å²) in [6.45, 7) is 7.72. The van der Waals surface area contributed by atoms with Crippen LogP contribution in [0.25, 0.3) is 11.3 Å². The molecule has 0 radical (unpaired) electrons. The summed E-state index contributed by atoms with van der Waals surface area (Å²) < 4.78 is 16.4. The third-order valence-electron chi connectivity index (χ3n) is 11.3. The van der Waals surface area contributed by atoms with Crippen molar-refractivity contribution in [3.8, 4) is 22.8 Å². The van der Waals surface area contributed by atoms with Crippen molar-refractivity contribution in [2.24, 2.45) is 0 Å². The molecule has 3 aromatic carbocycles. The number of carbonyl (C=O) groups excluding carboxylic acids is 2. The number of fused-ring (bicyclic) bond motifs is 1. The van der Waals surface area contributed by atoms with Gasteiger partial charge in [-0.15, -0.1) is 0 Å². The Hall–Kier alpha value is -6.32. The van der Waals surface area contributed by atoms with Crippen molar-refractivity contribution in [1.29, 1.82) is 0 Å². The molecule has 5 heterocycles. The van der Waals surface area contributed by atoms with Gasteiger partial charge in [0.2, 0.25) is 11.9 Å². The first kappa shape index (κ1) is 40.5. The molecule has 1 N–H and O–H groups in total. The van der Waals surface area contributed by atoms with Gasteiger partial charge in [0, 0.05) is 94.5 Å². The van der Waals surface area contributed by atoms with E-state index >= 15 is 0 Å². The number of benzene rings is 3. The molecule has 0 atom stereocenters. The second-order valence-electron chi connectivity index (χ2n) is 15.3. The molecule has 0 bridgehead atoms. The van der Waals surface area contributed by atoms with E-state index in [-0.39, 0.29) is 11.9 Å². The van der Waals surface area contributed by atoms with Crippen molar-refractivity contribution in [2.75, 3.05) is 102 Å². The number of morpholine rings is 1. The lowest BCUT2D eigenvalue weighted by Gasteiger charge is -2.32. The highest BCUT2D eigenvalue weighted by atomic mass is 16.5. The molecule has 2 fully saturated rings. The minimum absolute atomic E-state index is 0.0624. The normalized spacial score (nSPS) is 15.4. The van der Waals surface area contributed by atoms with Crippen molar-refractivity contribution in [1.82, 2.24) is 35.1 Å². The fourth-order valence-electron chi connectivity index (χ4n) is 7.71. The van der Waals surface area contributed by atoms with Crippen LogP contribution in [0.5, 0.6) is 11.5 Å². The van der Waals surface area contributed by atoms with Crippen LogP contribution in [0.4, 0.5) is 22.5 Å². The van der Waals surface area contributed by atoms with Crippen molar-refractivity contribution in [3.05, 3.63) is 113 Å². The molecule has 8 rings (SSSR count). The molecule has 3 aliphatic rings. The van der Waals surface area contributed by atoms with Gasteiger partial charge >= 0.3 is 6.03 Å². The van der Waals surface area contributed by atoms with Gasteiger partial charge in [0.15, 0.2) is 0 Å². The third-order valence-corrected chi connectivity index (χ3v) is 11.3. The molecular formula is C45H52N10O5. The molecule has 0 aliphatic carbocycles. The van der Waals surface area contributed by atoms with E-state index in [0.717, 1.165) is 65.5 Å². The Kier molecular flexibility index (Phi) is 12.6. The maximum atomic E-state index is 13.8. The Labute approximate surface area is 350 Å². The number of nitrogens with zero attached hydrogens (tertiary/aromatic N) is 9. The van der Waals surface area contributed by atoms with E-state index in [1.54, 1.807) is 19.1 Å². The van der Waals surface area contributed by atoms with E-state index in [0.29, 0.717) is 94.3 Å². The minimum Gasteiger partial charge on any atom is -0.497 e. The number of anilines is 3. The van der Waals surface area contributed by atoms with Gasteiger partial charge in [0.25, 0.3) is 5.91 Å². The lowest BCUT2D eigenvalue weighted by atomic mass is 10.1. The Bertz CT molecular complexity index is 2180. The molecule has 3 aliphatic heterocycles. The molecule has 0 spiro atoms. The smallest absolute Gasteiger partial charge is 0.323 e. The zero-order chi connectivity index (χ0) is 41.4. The number of ether oxygens (including phenoxy) is 3. The van der Waals surface area contributed by atoms with Gasteiger partial charge < -0.3 is 39.1 Å². The van der Waals surface area contributed by atoms with Crippen molar-refractivity contribution < 1.29 is 23.8 Å². The Morgan fingerprint density at radius 2 is 1.35 bits per heavy atom. The summed E-state index contributed by atoms with van der Waals surface area (Å²) in [5, 5.41) is 3.11. The molecule has 312 valence electrons. The lowest BCUT2D eigenvalue weighted by molar-refractivity contribution is 0.0664. The van der Waals surface area contributed by atoms with Crippen LogP contribution >= 0.6 is 0 Å². The van der Waals surface area contributed by atoms with Crippen LogP contribution in [0.1, 0.15) is 32.6 Å². The molecule has 0 saturated carbocycles. The fourth-order valence-corrected chi connectivity index (χ4v) is 7.71. The van der Waals surface area contributed by atoms with Gasteiger partial charge in [-0.3, -0.25) is 9.69 Å². The number of likely N-dealkylation sites (N-methyl/N-ethyl adjacent to an activating group) is 1. The van der Waals surface area contributed by atoms with Crippen molar-refractivity contribution >= 4 is 29.7 Å².